The lowest BCUT2D eigenvalue weighted by Crippen LogP contribution is -2.27. The van der Waals surface area contributed by atoms with Crippen LogP contribution in [0.25, 0.3) is 0 Å². The minimum absolute atomic E-state index is 0.0941. The molecule has 2 aromatic heterocycles. The fraction of sp³-hybridized carbons (Fsp3) is 0.400. The Kier molecular flexibility index (Phi) is 4.17. The van der Waals surface area contributed by atoms with E-state index in [1.54, 1.807) is 18.1 Å². The van der Waals surface area contributed by atoms with Crippen LogP contribution in [0.15, 0.2) is 29.1 Å². The first-order valence-electron chi connectivity index (χ1n) is 6.59. The Bertz CT molecular complexity index is 605. The van der Waals surface area contributed by atoms with Gasteiger partial charge in [0.05, 0.1) is 17.8 Å². The van der Waals surface area contributed by atoms with E-state index in [0.29, 0.717) is 12.1 Å². The number of hydrogen-bond acceptors (Lipinski definition) is 4. The number of rotatable bonds is 4. The van der Waals surface area contributed by atoms with E-state index in [1.165, 1.54) is 6.33 Å². The number of aryl methyl sites for hydroxylation is 1. The van der Waals surface area contributed by atoms with Crippen molar-refractivity contribution in [2.45, 2.75) is 33.2 Å². The van der Waals surface area contributed by atoms with Crippen molar-refractivity contribution in [3.8, 4) is 0 Å². The summed E-state index contributed by atoms with van der Waals surface area (Å²) in [6, 6.07) is 3.77. The molecule has 0 bridgehead atoms. The highest BCUT2D eigenvalue weighted by Gasteiger charge is 2.19. The van der Waals surface area contributed by atoms with Crippen molar-refractivity contribution < 1.29 is 9.21 Å². The number of aromatic nitrogens is 2. The first-order valence-corrected chi connectivity index (χ1v) is 6.59. The predicted octanol–water partition coefficient (Wildman–Crippen LogP) is 2.77. The van der Waals surface area contributed by atoms with Gasteiger partial charge in [-0.25, -0.2) is 9.97 Å². The lowest BCUT2D eigenvalue weighted by molar-refractivity contribution is 0.0772. The van der Waals surface area contributed by atoms with E-state index in [9.17, 15) is 4.79 Å². The van der Waals surface area contributed by atoms with Gasteiger partial charge in [0.15, 0.2) is 0 Å². The summed E-state index contributed by atoms with van der Waals surface area (Å²) in [6.07, 6.45) is 3.05. The molecule has 0 N–H and O–H groups in total. The Hall–Kier alpha value is -2.17. The van der Waals surface area contributed by atoms with Crippen LogP contribution in [0.1, 0.15) is 47.3 Å². The molecule has 0 aliphatic rings. The molecule has 0 saturated heterocycles. The van der Waals surface area contributed by atoms with Gasteiger partial charge in [-0.1, -0.05) is 13.8 Å². The van der Waals surface area contributed by atoms with Crippen LogP contribution in [0.4, 0.5) is 0 Å². The molecule has 5 nitrogen and oxygen atoms in total. The van der Waals surface area contributed by atoms with E-state index < -0.39 is 0 Å². The summed E-state index contributed by atoms with van der Waals surface area (Å²) in [5.74, 6) is 1.69. The molecule has 1 amide bonds. The first kappa shape index (κ1) is 14.2. The van der Waals surface area contributed by atoms with E-state index in [4.69, 9.17) is 4.42 Å². The number of carbonyl (C=O) groups is 1. The fourth-order valence-corrected chi connectivity index (χ4v) is 2.05. The predicted molar refractivity (Wildman–Crippen MR) is 75.4 cm³/mol. The number of carbonyl (C=O) groups excluding carboxylic acids is 1. The summed E-state index contributed by atoms with van der Waals surface area (Å²) < 4.78 is 5.49. The van der Waals surface area contributed by atoms with Crippen molar-refractivity contribution in [3.63, 3.8) is 0 Å². The first-order chi connectivity index (χ1) is 9.49. The van der Waals surface area contributed by atoms with E-state index in [1.807, 2.05) is 32.9 Å². The molecule has 2 heterocycles. The molecule has 0 fully saturated rings. The third-order valence-electron chi connectivity index (χ3n) is 3.06. The molecular weight excluding hydrogens is 254 g/mol. The van der Waals surface area contributed by atoms with E-state index in [2.05, 4.69) is 9.97 Å². The lowest BCUT2D eigenvalue weighted by Gasteiger charge is -2.18. The van der Waals surface area contributed by atoms with E-state index in [-0.39, 0.29) is 11.8 Å². The maximum Gasteiger partial charge on any atom is 0.257 e. The average Bonchev–Trinajstić information content (AvgIpc) is 2.83. The van der Waals surface area contributed by atoms with Gasteiger partial charge in [-0.2, -0.15) is 0 Å². The molecule has 0 saturated carbocycles. The molecule has 20 heavy (non-hydrogen) atoms. The van der Waals surface area contributed by atoms with Crippen molar-refractivity contribution in [3.05, 3.63) is 47.4 Å². The summed E-state index contributed by atoms with van der Waals surface area (Å²) in [6.45, 7) is 6.33. The number of amides is 1. The van der Waals surface area contributed by atoms with Crippen LogP contribution in [0, 0.1) is 6.92 Å². The van der Waals surface area contributed by atoms with Crippen LogP contribution in [-0.4, -0.2) is 27.8 Å². The molecule has 0 unspecified atom stereocenters. The smallest absolute Gasteiger partial charge is 0.257 e. The second-order valence-corrected chi connectivity index (χ2v) is 5.15. The number of furan rings is 1. The SMILES string of the molecule is Cc1ccc(CN(C)C(=O)c2cncnc2C(C)C)o1. The third-order valence-corrected chi connectivity index (χ3v) is 3.06. The number of nitrogens with zero attached hydrogens (tertiary/aromatic N) is 3. The summed E-state index contributed by atoms with van der Waals surface area (Å²) in [5, 5.41) is 0. The standard InChI is InChI=1S/C15H19N3O2/c1-10(2)14-13(7-16-9-17-14)15(19)18(4)8-12-6-5-11(3)20-12/h5-7,9-10H,8H2,1-4H3. The highest BCUT2D eigenvalue weighted by molar-refractivity contribution is 5.94. The zero-order valence-electron chi connectivity index (χ0n) is 12.3. The van der Waals surface area contributed by atoms with Crippen LogP contribution in [0.3, 0.4) is 0 Å². The van der Waals surface area contributed by atoms with Crippen molar-refractivity contribution >= 4 is 5.91 Å². The van der Waals surface area contributed by atoms with Gasteiger partial charge in [-0.3, -0.25) is 4.79 Å². The maximum atomic E-state index is 12.5. The molecule has 5 heteroatoms. The second-order valence-electron chi connectivity index (χ2n) is 5.15. The monoisotopic (exact) mass is 273 g/mol. The van der Waals surface area contributed by atoms with Gasteiger partial charge in [0, 0.05) is 13.2 Å². The fourth-order valence-electron chi connectivity index (χ4n) is 2.05. The topological polar surface area (TPSA) is 59.2 Å². The molecule has 0 spiro atoms. The normalized spacial score (nSPS) is 10.8. The molecule has 0 radical (unpaired) electrons. The number of hydrogen-bond donors (Lipinski definition) is 0. The van der Waals surface area contributed by atoms with Gasteiger partial charge in [0.25, 0.3) is 5.91 Å². The third kappa shape index (κ3) is 3.04. The highest BCUT2D eigenvalue weighted by atomic mass is 16.3. The average molecular weight is 273 g/mol. The van der Waals surface area contributed by atoms with E-state index >= 15 is 0 Å². The van der Waals surface area contributed by atoms with Crippen molar-refractivity contribution in [1.82, 2.24) is 14.9 Å². The quantitative estimate of drug-likeness (QED) is 0.859. The van der Waals surface area contributed by atoms with E-state index in [0.717, 1.165) is 17.2 Å². The summed E-state index contributed by atoms with van der Waals surface area (Å²) >= 11 is 0. The molecule has 0 aliphatic heterocycles. The zero-order chi connectivity index (χ0) is 14.7. The molecular formula is C15H19N3O2. The van der Waals surface area contributed by atoms with Crippen LogP contribution >= 0.6 is 0 Å². The Morgan fingerprint density at radius 1 is 1.40 bits per heavy atom. The Labute approximate surface area is 118 Å². The largest absolute Gasteiger partial charge is 0.464 e. The van der Waals surface area contributed by atoms with Gasteiger partial charge in [0.1, 0.15) is 17.8 Å². The van der Waals surface area contributed by atoms with Gasteiger partial charge < -0.3 is 9.32 Å². The molecule has 0 aromatic carbocycles. The Balaban J connectivity index is 2.18. The Morgan fingerprint density at radius 2 is 2.15 bits per heavy atom. The Morgan fingerprint density at radius 3 is 2.75 bits per heavy atom. The molecule has 106 valence electrons. The minimum Gasteiger partial charge on any atom is -0.464 e. The van der Waals surface area contributed by atoms with Crippen LogP contribution in [0.5, 0.6) is 0 Å². The molecule has 2 rings (SSSR count). The van der Waals surface area contributed by atoms with Crippen molar-refractivity contribution in [2.75, 3.05) is 7.05 Å². The lowest BCUT2D eigenvalue weighted by atomic mass is 10.0. The summed E-state index contributed by atoms with van der Waals surface area (Å²) in [5.41, 5.74) is 1.32. The van der Waals surface area contributed by atoms with Crippen molar-refractivity contribution in [1.29, 1.82) is 0 Å². The van der Waals surface area contributed by atoms with Crippen LogP contribution in [-0.2, 0) is 6.54 Å². The van der Waals surface area contributed by atoms with Gasteiger partial charge >= 0.3 is 0 Å². The maximum absolute atomic E-state index is 12.5. The zero-order valence-corrected chi connectivity index (χ0v) is 12.3. The van der Waals surface area contributed by atoms with Gasteiger partial charge in [0.2, 0.25) is 0 Å². The molecule has 0 atom stereocenters. The van der Waals surface area contributed by atoms with Crippen molar-refractivity contribution in [2.24, 2.45) is 0 Å². The van der Waals surface area contributed by atoms with Gasteiger partial charge in [-0.05, 0) is 25.0 Å². The molecule has 2 aromatic rings. The van der Waals surface area contributed by atoms with Crippen LogP contribution in [0.2, 0.25) is 0 Å². The second kappa shape index (κ2) is 5.86. The highest BCUT2D eigenvalue weighted by Crippen LogP contribution is 2.18. The van der Waals surface area contributed by atoms with Crippen LogP contribution < -0.4 is 0 Å². The van der Waals surface area contributed by atoms with Gasteiger partial charge in [-0.15, -0.1) is 0 Å². The summed E-state index contributed by atoms with van der Waals surface area (Å²) in [7, 11) is 1.75. The molecule has 0 aliphatic carbocycles. The minimum atomic E-state index is -0.0941. The summed E-state index contributed by atoms with van der Waals surface area (Å²) in [4.78, 5) is 22.3.